The van der Waals surface area contributed by atoms with Gasteiger partial charge in [0.2, 0.25) is 0 Å². The Bertz CT molecular complexity index is 404. The van der Waals surface area contributed by atoms with Crippen LogP contribution < -0.4 is 0 Å². The summed E-state index contributed by atoms with van der Waals surface area (Å²) in [4.78, 5) is 4.03. The standard InChI is InChI=1S/C7H9N5O/c1-11-7(8-5-10-11)4-12-3-6(13)2-9-12/h2-3,5,13H,4H2,1H3. The predicted octanol–water partition coefficient (Wildman–Crippen LogP) is -0.235. The Morgan fingerprint density at radius 2 is 2.31 bits per heavy atom. The van der Waals surface area contributed by atoms with Crippen LogP contribution in [0.3, 0.4) is 0 Å². The second kappa shape index (κ2) is 2.89. The molecule has 2 aromatic heterocycles. The molecule has 0 saturated carbocycles. The van der Waals surface area contributed by atoms with Crippen molar-refractivity contribution >= 4 is 0 Å². The minimum atomic E-state index is 0.155. The van der Waals surface area contributed by atoms with E-state index in [-0.39, 0.29) is 5.75 Å². The molecule has 68 valence electrons. The van der Waals surface area contributed by atoms with E-state index in [0.717, 1.165) is 5.82 Å². The molecule has 6 nitrogen and oxygen atoms in total. The van der Waals surface area contributed by atoms with Gasteiger partial charge in [-0.05, 0) is 0 Å². The molecule has 0 atom stereocenters. The highest BCUT2D eigenvalue weighted by Gasteiger charge is 2.02. The van der Waals surface area contributed by atoms with E-state index in [1.807, 2.05) is 7.05 Å². The third kappa shape index (κ3) is 1.51. The zero-order valence-electron chi connectivity index (χ0n) is 7.12. The van der Waals surface area contributed by atoms with E-state index in [2.05, 4.69) is 15.2 Å². The number of aryl methyl sites for hydroxylation is 1. The molecular formula is C7H9N5O. The zero-order valence-corrected chi connectivity index (χ0v) is 7.12. The summed E-state index contributed by atoms with van der Waals surface area (Å²) in [5.41, 5.74) is 0. The quantitative estimate of drug-likeness (QED) is 0.691. The van der Waals surface area contributed by atoms with Gasteiger partial charge in [-0.15, -0.1) is 0 Å². The van der Waals surface area contributed by atoms with Crippen molar-refractivity contribution in [3.8, 4) is 5.75 Å². The maximum absolute atomic E-state index is 9.02. The molecule has 0 aliphatic rings. The van der Waals surface area contributed by atoms with E-state index in [1.165, 1.54) is 18.7 Å². The SMILES string of the molecule is Cn1ncnc1Cn1cc(O)cn1. The van der Waals surface area contributed by atoms with Crippen molar-refractivity contribution in [2.75, 3.05) is 0 Å². The molecule has 13 heavy (non-hydrogen) atoms. The molecule has 0 amide bonds. The van der Waals surface area contributed by atoms with Crippen LogP contribution in [0, 0.1) is 0 Å². The summed E-state index contributed by atoms with van der Waals surface area (Å²) in [6, 6.07) is 0. The van der Waals surface area contributed by atoms with Crippen LogP contribution in [0.1, 0.15) is 5.82 Å². The monoisotopic (exact) mass is 179 g/mol. The highest BCUT2D eigenvalue weighted by Crippen LogP contribution is 2.05. The average Bonchev–Trinajstić information content (AvgIpc) is 2.64. The van der Waals surface area contributed by atoms with E-state index in [1.54, 1.807) is 9.36 Å². The van der Waals surface area contributed by atoms with Gasteiger partial charge in [0.25, 0.3) is 0 Å². The van der Waals surface area contributed by atoms with Crippen LogP contribution in [0.15, 0.2) is 18.7 Å². The molecule has 0 radical (unpaired) electrons. The fraction of sp³-hybridized carbons (Fsp3) is 0.286. The molecule has 0 aliphatic heterocycles. The lowest BCUT2D eigenvalue weighted by Gasteiger charge is -1.99. The van der Waals surface area contributed by atoms with Crippen molar-refractivity contribution in [1.82, 2.24) is 24.5 Å². The number of aromatic nitrogens is 5. The maximum Gasteiger partial charge on any atom is 0.153 e. The third-order valence-corrected chi connectivity index (χ3v) is 1.73. The molecule has 0 aromatic carbocycles. The van der Waals surface area contributed by atoms with Gasteiger partial charge >= 0.3 is 0 Å². The second-order valence-corrected chi connectivity index (χ2v) is 2.70. The van der Waals surface area contributed by atoms with E-state index in [0.29, 0.717) is 6.54 Å². The number of nitrogens with zero attached hydrogens (tertiary/aromatic N) is 5. The highest BCUT2D eigenvalue weighted by molar-refractivity contribution is 5.09. The van der Waals surface area contributed by atoms with Crippen LogP contribution in [0.25, 0.3) is 0 Å². The first kappa shape index (κ1) is 7.78. The predicted molar refractivity (Wildman–Crippen MR) is 44.0 cm³/mol. The second-order valence-electron chi connectivity index (χ2n) is 2.70. The van der Waals surface area contributed by atoms with E-state index >= 15 is 0 Å². The summed E-state index contributed by atoms with van der Waals surface area (Å²) in [6.07, 6.45) is 4.41. The third-order valence-electron chi connectivity index (χ3n) is 1.73. The molecule has 2 rings (SSSR count). The first-order valence-electron chi connectivity index (χ1n) is 3.80. The highest BCUT2D eigenvalue weighted by atomic mass is 16.3. The van der Waals surface area contributed by atoms with Crippen molar-refractivity contribution < 1.29 is 5.11 Å². The first-order chi connectivity index (χ1) is 6.25. The first-order valence-corrected chi connectivity index (χ1v) is 3.80. The Kier molecular flexibility index (Phi) is 1.73. The van der Waals surface area contributed by atoms with Gasteiger partial charge in [-0.3, -0.25) is 9.36 Å². The average molecular weight is 179 g/mol. The van der Waals surface area contributed by atoms with Crippen LogP contribution in [0.4, 0.5) is 0 Å². The lowest BCUT2D eigenvalue weighted by Crippen LogP contribution is -2.06. The Labute approximate surface area is 74.4 Å². The zero-order chi connectivity index (χ0) is 9.26. The summed E-state index contributed by atoms with van der Waals surface area (Å²) < 4.78 is 3.26. The molecule has 0 spiro atoms. The minimum absolute atomic E-state index is 0.155. The van der Waals surface area contributed by atoms with Gasteiger partial charge in [0, 0.05) is 7.05 Å². The molecular weight excluding hydrogens is 170 g/mol. The summed E-state index contributed by atoms with van der Waals surface area (Å²) in [6.45, 7) is 0.511. The fourth-order valence-electron chi connectivity index (χ4n) is 1.05. The summed E-state index contributed by atoms with van der Waals surface area (Å²) in [5, 5.41) is 16.9. The Morgan fingerprint density at radius 1 is 1.46 bits per heavy atom. The molecule has 0 fully saturated rings. The van der Waals surface area contributed by atoms with Crippen molar-refractivity contribution in [3.63, 3.8) is 0 Å². The largest absolute Gasteiger partial charge is 0.505 e. The molecule has 2 heterocycles. The molecule has 0 saturated heterocycles. The Hall–Kier alpha value is -1.85. The van der Waals surface area contributed by atoms with Crippen LogP contribution >= 0.6 is 0 Å². The number of rotatable bonds is 2. The molecule has 0 aliphatic carbocycles. The van der Waals surface area contributed by atoms with Crippen molar-refractivity contribution in [2.45, 2.75) is 6.54 Å². The fourth-order valence-corrected chi connectivity index (χ4v) is 1.05. The topological polar surface area (TPSA) is 68.8 Å². The maximum atomic E-state index is 9.02. The summed E-state index contributed by atoms with van der Waals surface area (Å²) >= 11 is 0. The summed E-state index contributed by atoms with van der Waals surface area (Å²) in [5.74, 6) is 0.949. The smallest absolute Gasteiger partial charge is 0.153 e. The number of hydrogen-bond acceptors (Lipinski definition) is 4. The minimum Gasteiger partial charge on any atom is -0.505 e. The van der Waals surface area contributed by atoms with Gasteiger partial charge < -0.3 is 5.11 Å². The van der Waals surface area contributed by atoms with Crippen molar-refractivity contribution in [2.24, 2.45) is 7.05 Å². The van der Waals surface area contributed by atoms with E-state index in [9.17, 15) is 0 Å². The van der Waals surface area contributed by atoms with Crippen molar-refractivity contribution in [3.05, 3.63) is 24.5 Å². The lowest BCUT2D eigenvalue weighted by molar-refractivity contribution is 0.473. The van der Waals surface area contributed by atoms with Gasteiger partial charge in [0.15, 0.2) is 5.75 Å². The van der Waals surface area contributed by atoms with Gasteiger partial charge in [-0.25, -0.2) is 4.98 Å². The normalized spacial score (nSPS) is 10.5. The molecule has 6 heteroatoms. The summed E-state index contributed by atoms with van der Waals surface area (Å²) in [7, 11) is 1.81. The van der Waals surface area contributed by atoms with Gasteiger partial charge in [0.1, 0.15) is 18.7 Å². The van der Waals surface area contributed by atoms with Gasteiger partial charge in [-0.2, -0.15) is 10.2 Å². The molecule has 0 bridgehead atoms. The van der Waals surface area contributed by atoms with Crippen LogP contribution in [-0.4, -0.2) is 29.7 Å². The molecule has 1 N–H and O–H groups in total. The van der Waals surface area contributed by atoms with Gasteiger partial charge in [0.05, 0.1) is 12.4 Å². The Morgan fingerprint density at radius 3 is 2.85 bits per heavy atom. The van der Waals surface area contributed by atoms with E-state index < -0.39 is 0 Å². The van der Waals surface area contributed by atoms with Crippen molar-refractivity contribution in [1.29, 1.82) is 0 Å². The lowest BCUT2D eigenvalue weighted by atomic mass is 10.6. The molecule has 0 unspecified atom stereocenters. The number of hydrogen-bond donors (Lipinski definition) is 1. The number of aromatic hydroxyl groups is 1. The van der Waals surface area contributed by atoms with E-state index in [4.69, 9.17) is 5.11 Å². The Balaban J connectivity index is 2.19. The van der Waals surface area contributed by atoms with Crippen LogP contribution in [0.2, 0.25) is 0 Å². The van der Waals surface area contributed by atoms with Gasteiger partial charge in [-0.1, -0.05) is 0 Å². The van der Waals surface area contributed by atoms with Crippen LogP contribution in [0.5, 0.6) is 5.75 Å². The molecule has 2 aromatic rings. The van der Waals surface area contributed by atoms with Crippen LogP contribution in [-0.2, 0) is 13.6 Å².